The van der Waals surface area contributed by atoms with Gasteiger partial charge in [-0.25, -0.2) is 0 Å². The maximum absolute atomic E-state index is 12.4. The van der Waals surface area contributed by atoms with E-state index in [0.717, 1.165) is 21.2 Å². The van der Waals surface area contributed by atoms with Crippen LogP contribution in [0, 0.1) is 13.8 Å². The van der Waals surface area contributed by atoms with E-state index in [1.54, 1.807) is 27.4 Å². The van der Waals surface area contributed by atoms with Gasteiger partial charge in [0.15, 0.2) is 11.5 Å². The number of carbonyl (C=O) groups excluding carboxylic acids is 1. The van der Waals surface area contributed by atoms with Crippen molar-refractivity contribution < 1.29 is 19.0 Å². The second-order valence-corrected chi connectivity index (χ2v) is 7.23. The number of benzene rings is 2. The van der Waals surface area contributed by atoms with Gasteiger partial charge in [-0.05, 0) is 77.2 Å². The van der Waals surface area contributed by atoms with Crippen LogP contribution < -0.4 is 19.5 Å². The SMILES string of the molecule is COc1cc(C(C)NC(=O)/C=C/c2ccc(C)c(C)c2Br)cc(OC)c1OC. The fourth-order valence-corrected chi connectivity index (χ4v) is 3.37. The Labute approximate surface area is 174 Å². The number of amides is 1. The zero-order valence-electron chi connectivity index (χ0n) is 17.1. The van der Waals surface area contributed by atoms with Crippen molar-refractivity contribution in [1.29, 1.82) is 0 Å². The summed E-state index contributed by atoms with van der Waals surface area (Å²) < 4.78 is 17.1. The average Bonchev–Trinajstić information content (AvgIpc) is 2.70. The molecule has 2 rings (SSSR count). The molecule has 6 heteroatoms. The first-order valence-corrected chi connectivity index (χ1v) is 9.65. The number of carbonyl (C=O) groups is 1. The number of methoxy groups -OCH3 is 3. The molecule has 0 bridgehead atoms. The summed E-state index contributed by atoms with van der Waals surface area (Å²) in [7, 11) is 4.68. The summed E-state index contributed by atoms with van der Waals surface area (Å²) in [4.78, 5) is 12.4. The molecule has 0 saturated heterocycles. The van der Waals surface area contributed by atoms with Crippen molar-refractivity contribution in [3.05, 3.63) is 57.1 Å². The molecule has 0 aliphatic carbocycles. The Hall–Kier alpha value is -2.47. The van der Waals surface area contributed by atoms with Gasteiger partial charge in [-0.15, -0.1) is 0 Å². The number of hydrogen-bond donors (Lipinski definition) is 1. The zero-order valence-corrected chi connectivity index (χ0v) is 18.6. The number of ether oxygens (including phenoxy) is 3. The summed E-state index contributed by atoms with van der Waals surface area (Å²) in [6.45, 7) is 6.00. The largest absolute Gasteiger partial charge is 0.493 e. The maximum atomic E-state index is 12.4. The highest BCUT2D eigenvalue weighted by molar-refractivity contribution is 9.10. The molecule has 0 aliphatic rings. The molecule has 2 aromatic rings. The van der Waals surface area contributed by atoms with E-state index < -0.39 is 0 Å². The minimum atomic E-state index is -0.242. The molecule has 1 unspecified atom stereocenters. The van der Waals surface area contributed by atoms with Gasteiger partial charge < -0.3 is 19.5 Å². The molecule has 0 aliphatic heterocycles. The monoisotopic (exact) mass is 447 g/mol. The smallest absolute Gasteiger partial charge is 0.244 e. The first-order valence-electron chi connectivity index (χ1n) is 8.86. The van der Waals surface area contributed by atoms with E-state index in [0.29, 0.717) is 17.2 Å². The number of halogens is 1. The molecule has 5 nitrogen and oxygen atoms in total. The van der Waals surface area contributed by atoms with Crippen LogP contribution in [0.3, 0.4) is 0 Å². The Morgan fingerprint density at radius 3 is 2.21 bits per heavy atom. The molecular weight excluding hydrogens is 422 g/mol. The standard InChI is InChI=1S/C22H26BrNO4/c1-13-7-8-16(21(23)14(13)2)9-10-20(25)24-15(3)17-11-18(26-4)22(28-6)19(12-17)27-5/h7-12,15H,1-6H3,(H,24,25)/b10-9+. The minimum absolute atomic E-state index is 0.189. The van der Waals surface area contributed by atoms with Gasteiger partial charge in [0, 0.05) is 10.5 Å². The van der Waals surface area contributed by atoms with Gasteiger partial charge in [0.1, 0.15) is 0 Å². The first-order chi connectivity index (χ1) is 13.3. The Balaban J connectivity index is 2.17. The molecule has 2 aromatic carbocycles. The van der Waals surface area contributed by atoms with E-state index in [9.17, 15) is 4.79 Å². The van der Waals surface area contributed by atoms with Crippen LogP contribution in [-0.4, -0.2) is 27.2 Å². The van der Waals surface area contributed by atoms with E-state index >= 15 is 0 Å². The third-order valence-electron chi connectivity index (χ3n) is 4.65. The van der Waals surface area contributed by atoms with Gasteiger partial charge in [-0.1, -0.05) is 12.1 Å². The molecule has 0 spiro atoms. The fourth-order valence-electron chi connectivity index (χ4n) is 2.79. The molecular formula is C22H26BrNO4. The Kier molecular flexibility index (Phi) is 7.52. The second-order valence-electron chi connectivity index (χ2n) is 6.43. The molecule has 1 atom stereocenters. The van der Waals surface area contributed by atoms with E-state index in [2.05, 4.69) is 28.2 Å². The van der Waals surface area contributed by atoms with Crippen LogP contribution in [0.4, 0.5) is 0 Å². The summed E-state index contributed by atoms with van der Waals surface area (Å²) in [5.41, 5.74) is 4.17. The number of nitrogens with one attached hydrogen (secondary N) is 1. The van der Waals surface area contributed by atoms with Crippen molar-refractivity contribution in [3.63, 3.8) is 0 Å². The summed E-state index contributed by atoms with van der Waals surface area (Å²) >= 11 is 3.59. The first kappa shape index (κ1) is 21.8. The summed E-state index contributed by atoms with van der Waals surface area (Å²) in [6, 6.07) is 7.44. The normalized spacial score (nSPS) is 12.0. The highest BCUT2D eigenvalue weighted by Gasteiger charge is 2.17. The summed E-state index contributed by atoms with van der Waals surface area (Å²) in [5.74, 6) is 1.43. The molecule has 150 valence electrons. The molecule has 0 aromatic heterocycles. The molecule has 0 radical (unpaired) electrons. The van der Waals surface area contributed by atoms with Crippen molar-refractivity contribution in [2.24, 2.45) is 0 Å². The van der Waals surface area contributed by atoms with Crippen molar-refractivity contribution >= 4 is 27.9 Å². The second kappa shape index (κ2) is 9.64. The van der Waals surface area contributed by atoms with Crippen LogP contribution >= 0.6 is 15.9 Å². The molecule has 0 heterocycles. The quantitative estimate of drug-likeness (QED) is 0.607. The van der Waals surface area contributed by atoms with Crippen molar-refractivity contribution in [2.45, 2.75) is 26.8 Å². The highest BCUT2D eigenvalue weighted by Crippen LogP contribution is 2.39. The predicted octanol–water partition coefficient (Wildman–Crippen LogP) is 4.98. The van der Waals surface area contributed by atoms with Gasteiger partial charge in [0.05, 0.1) is 27.4 Å². The van der Waals surface area contributed by atoms with Crippen molar-refractivity contribution in [3.8, 4) is 17.2 Å². The molecule has 0 fully saturated rings. The summed E-state index contributed by atoms with van der Waals surface area (Å²) in [5, 5.41) is 2.96. The average molecular weight is 448 g/mol. The third kappa shape index (κ3) is 4.87. The van der Waals surface area contributed by atoms with Crippen LogP contribution in [0.15, 0.2) is 34.8 Å². The maximum Gasteiger partial charge on any atom is 0.244 e. The Morgan fingerprint density at radius 1 is 1.07 bits per heavy atom. The topological polar surface area (TPSA) is 56.8 Å². The number of hydrogen-bond acceptors (Lipinski definition) is 4. The number of rotatable bonds is 7. The van der Waals surface area contributed by atoms with Gasteiger partial charge in [-0.2, -0.15) is 0 Å². The van der Waals surface area contributed by atoms with E-state index in [4.69, 9.17) is 14.2 Å². The van der Waals surface area contributed by atoms with Crippen LogP contribution in [-0.2, 0) is 4.79 Å². The van der Waals surface area contributed by atoms with Crippen LogP contribution in [0.2, 0.25) is 0 Å². The van der Waals surface area contributed by atoms with Crippen LogP contribution in [0.5, 0.6) is 17.2 Å². The van der Waals surface area contributed by atoms with Crippen molar-refractivity contribution in [2.75, 3.05) is 21.3 Å². The van der Waals surface area contributed by atoms with Gasteiger partial charge in [0.2, 0.25) is 11.7 Å². The Morgan fingerprint density at radius 2 is 1.68 bits per heavy atom. The number of aryl methyl sites for hydroxylation is 1. The van der Waals surface area contributed by atoms with Crippen LogP contribution in [0.1, 0.15) is 35.2 Å². The summed E-state index contributed by atoms with van der Waals surface area (Å²) in [6.07, 6.45) is 3.33. The van der Waals surface area contributed by atoms with Gasteiger partial charge >= 0.3 is 0 Å². The predicted molar refractivity (Wildman–Crippen MR) is 115 cm³/mol. The van der Waals surface area contributed by atoms with Crippen LogP contribution in [0.25, 0.3) is 6.08 Å². The molecule has 28 heavy (non-hydrogen) atoms. The lowest BCUT2D eigenvalue weighted by atomic mass is 10.1. The van der Waals surface area contributed by atoms with E-state index in [1.165, 1.54) is 11.6 Å². The lowest BCUT2D eigenvalue weighted by Gasteiger charge is -2.18. The minimum Gasteiger partial charge on any atom is -0.493 e. The van der Waals surface area contributed by atoms with Gasteiger partial charge in [0.25, 0.3) is 0 Å². The zero-order chi connectivity index (χ0) is 20.8. The fraction of sp³-hybridized carbons (Fsp3) is 0.318. The molecule has 1 N–H and O–H groups in total. The highest BCUT2D eigenvalue weighted by atomic mass is 79.9. The van der Waals surface area contributed by atoms with Gasteiger partial charge in [-0.3, -0.25) is 4.79 Å². The van der Waals surface area contributed by atoms with E-state index in [1.807, 2.05) is 38.1 Å². The lowest BCUT2D eigenvalue weighted by Crippen LogP contribution is -2.24. The third-order valence-corrected chi connectivity index (χ3v) is 5.70. The van der Waals surface area contributed by atoms with E-state index in [-0.39, 0.29) is 11.9 Å². The Bertz CT molecular complexity index is 867. The lowest BCUT2D eigenvalue weighted by molar-refractivity contribution is -0.117. The van der Waals surface area contributed by atoms with Crippen molar-refractivity contribution in [1.82, 2.24) is 5.32 Å². The molecule has 1 amide bonds. The molecule has 0 saturated carbocycles.